The van der Waals surface area contributed by atoms with Crippen molar-refractivity contribution in [2.45, 2.75) is 32.4 Å². The van der Waals surface area contributed by atoms with Crippen LogP contribution in [0.4, 0.5) is 5.69 Å². The predicted molar refractivity (Wildman–Crippen MR) is 105 cm³/mol. The summed E-state index contributed by atoms with van der Waals surface area (Å²) in [5.74, 6) is -0.861. The molecule has 3 N–H and O–H groups in total. The number of nitrogens with one attached hydrogen (secondary N) is 1. The molecule has 1 aliphatic heterocycles. The maximum Gasteiger partial charge on any atom is 0.261 e. The number of hydrogen-bond acceptors (Lipinski definition) is 6. The van der Waals surface area contributed by atoms with E-state index in [1.807, 2.05) is 0 Å². The standard InChI is InChI=1S/C20H21N5O4/c1-20(2,29)4-7-24-11-12-8-15(16(26)9-13(12)19(24)28)23-18(27)14-10-22-25-6-3-5-21-17(14)25/h3,5-6,8-10,26,29H,4,7,11H2,1-2H3,(H,23,27). The van der Waals surface area contributed by atoms with E-state index in [0.29, 0.717) is 36.3 Å². The van der Waals surface area contributed by atoms with E-state index in [4.69, 9.17) is 0 Å². The molecule has 0 saturated carbocycles. The summed E-state index contributed by atoms with van der Waals surface area (Å²) in [5.41, 5.74) is 1.11. The van der Waals surface area contributed by atoms with Gasteiger partial charge < -0.3 is 20.4 Å². The zero-order valence-corrected chi connectivity index (χ0v) is 16.1. The number of phenolic OH excluding ortho intramolecular Hbond substituents is 1. The van der Waals surface area contributed by atoms with Crippen molar-refractivity contribution in [2.75, 3.05) is 11.9 Å². The number of carbonyl (C=O) groups excluding carboxylic acids is 2. The van der Waals surface area contributed by atoms with Gasteiger partial charge in [-0.1, -0.05) is 0 Å². The fourth-order valence-corrected chi connectivity index (χ4v) is 3.28. The first-order valence-corrected chi connectivity index (χ1v) is 9.20. The van der Waals surface area contributed by atoms with Crippen LogP contribution in [0.1, 0.15) is 46.5 Å². The fourth-order valence-electron chi connectivity index (χ4n) is 3.28. The topological polar surface area (TPSA) is 120 Å². The first-order chi connectivity index (χ1) is 13.7. The molecule has 9 heteroatoms. The van der Waals surface area contributed by atoms with Crippen molar-refractivity contribution >= 4 is 23.1 Å². The Morgan fingerprint density at radius 3 is 2.90 bits per heavy atom. The molecule has 0 spiro atoms. The van der Waals surface area contributed by atoms with Crippen molar-refractivity contribution in [3.63, 3.8) is 0 Å². The zero-order valence-electron chi connectivity index (χ0n) is 16.1. The Labute approximate surface area is 166 Å². The van der Waals surface area contributed by atoms with E-state index >= 15 is 0 Å². The van der Waals surface area contributed by atoms with Crippen molar-refractivity contribution in [1.82, 2.24) is 19.5 Å². The van der Waals surface area contributed by atoms with Gasteiger partial charge >= 0.3 is 0 Å². The molecule has 29 heavy (non-hydrogen) atoms. The molecule has 2 aromatic heterocycles. The second-order valence-electron chi connectivity index (χ2n) is 7.72. The minimum absolute atomic E-state index is 0.195. The predicted octanol–water partition coefficient (Wildman–Crippen LogP) is 1.80. The van der Waals surface area contributed by atoms with Gasteiger partial charge in [0.25, 0.3) is 11.8 Å². The molecule has 3 heterocycles. The summed E-state index contributed by atoms with van der Waals surface area (Å²) in [7, 11) is 0. The number of phenols is 1. The highest BCUT2D eigenvalue weighted by molar-refractivity contribution is 6.09. The molecule has 0 atom stereocenters. The second kappa shape index (κ2) is 6.85. The summed E-state index contributed by atoms with van der Waals surface area (Å²) < 4.78 is 1.48. The number of aromatic hydroxyl groups is 1. The van der Waals surface area contributed by atoms with Crippen LogP contribution in [0.15, 0.2) is 36.8 Å². The molecule has 0 fully saturated rings. The largest absolute Gasteiger partial charge is 0.506 e. The highest BCUT2D eigenvalue weighted by atomic mass is 16.3. The van der Waals surface area contributed by atoms with Crippen LogP contribution in [0.3, 0.4) is 0 Å². The maximum absolute atomic E-state index is 12.7. The zero-order chi connectivity index (χ0) is 20.8. The van der Waals surface area contributed by atoms with Gasteiger partial charge in [0.05, 0.1) is 17.5 Å². The van der Waals surface area contributed by atoms with Gasteiger partial charge in [0.2, 0.25) is 0 Å². The van der Waals surface area contributed by atoms with E-state index in [0.717, 1.165) is 0 Å². The number of carbonyl (C=O) groups is 2. The van der Waals surface area contributed by atoms with Crippen molar-refractivity contribution in [2.24, 2.45) is 0 Å². The molecule has 9 nitrogen and oxygen atoms in total. The van der Waals surface area contributed by atoms with Gasteiger partial charge in [-0.05, 0) is 44.0 Å². The van der Waals surface area contributed by atoms with Gasteiger partial charge in [-0.2, -0.15) is 5.10 Å². The summed E-state index contributed by atoms with van der Waals surface area (Å²) >= 11 is 0. The summed E-state index contributed by atoms with van der Waals surface area (Å²) in [6, 6.07) is 4.67. The van der Waals surface area contributed by atoms with Gasteiger partial charge in [0.15, 0.2) is 5.65 Å². The summed E-state index contributed by atoms with van der Waals surface area (Å²) in [6.07, 6.45) is 5.09. The molecule has 2 amide bonds. The molecule has 0 radical (unpaired) electrons. The average Bonchev–Trinajstić information content (AvgIpc) is 3.22. The van der Waals surface area contributed by atoms with Gasteiger partial charge in [0, 0.05) is 31.0 Å². The number of nitrogens with zero attached hydrogens (tertiary/aromatic N) is 4. The number of hydrogen-bond donors (Lipinski definition) is 3. The summed E-state index contributed by atoms with van der Waals surface area (Å²) in [4.78, 5) is 31.0. The van der Waals surface area contributed by atoms with E-state index in [1.165, 1.54) is 16.8 Å². The smallest absolute Gasteiger partial charge is 0.261 e. The molecular weight excluding hydrogens is 374 g/mol. The molecule has 4 rings (SSSR count). The lowest BCUT2D eigenvalue weighted by molar-refractivity contribution is 0.0517. The molecule has 0 unspecified atom stereocenters. The van der Waals surface area contributed by atoms with Crippen LogP contribution >= 0.6 is 0 Å². The Morgan fingerprint density at radius 1 is 1.34 bits per heavy atom. The van der Waals surface area contributed by atoms with Crippen LogP contribution in [-0.4, -0.2) is 53.7 Å². The number of aliphatic hydroxyl groups is 1. The molecule has 0 saturated heterocycles. The first-order valence-electron chi connectivity index (χ1n) is 9.20. The highest BCUT2D eigenvalue weighted by Crippen LogP contribution is 2.33. The van der Waals surface area contributed by atoms with Crippen molar-refractivity contribution < 1.29 is 19.8 Å². The number of fused-ring (bicyclic) bond motifs is 2. The normalized spacial score (nSPS) is 13.8. The highest BCUT2D eigenvalue weighted by Gasteiger charge is 2.30. The van der Waals surface area contributed by atoms with E-state index in [1.54, 1.807) is 43.3 Å². The van der Waals surface area contributed by atoms with E-state index in [-0.39, 0.29) is 22.9 Å². The lowest BCUT2D eigenvalue weighted by Gasteiger charge is -2.22. The SMILES string of the molecule is CC(C)(O)CCN1Cc2cc(NC(=O)c3cnn4cccnc34)c(O)cc2C1=O. The minimum Gasteiger partial charge on any atom is -0.506 e. The Hall–Kier alpha value is -3.46. The number of amides is 2. The van der Waals surface area contributed by atoms with E-state index in [2.05, 4.69) is 15.4 Å². The Kier molecular flexibility index (Phi) is 4.46. The van der Waals surface area contributed by atoms with E-state index in [9.17, 15) is 19.8 Å². The maximum atomic E-state index is 12.7. The first kappa shape index (κ1) is 18.9. The van der Waals surface area contributed by atoms with Crippen molar-refractivity contribution in [1.29, 1.82) is 0 Å². The lowest BCUT2D eigenvalue weighted by Crippen LogP contribution is -2.31. The fraction of sp³-hybridized carbons (Fsp3) is 0.300. The third kappa shape index (κ3) is 3.64. The van der Waals surface area contributed by atoms with Crippen LogP contribution in [0.25, 0.3) is 5.65 Å². The monoisotopic (exact) mass is 395 g/mol. The van der Waals surface area contributed by atoms with Crippen LogP contribution < -0.4 is 5.32 Å². The molecule has 0 bridgehead atoms. The van der Waals surface area contributed by atoms with Crippen LogP contribution in [0.5, 0.6) is 5.75 Å². The summed E-state index contributed by atoms with van der Waals surface area (Å²) in [5, 5.41) is 27.0. The van der Waals surface area contributed by atoms with Gasteiger partial charge in [-0.3, -0.25) is 9.59 Å². The molecule has 1 aromatic carbocycles. The van der Waals surface area contributed by atoms with Crippen molar-refractivity contribution in [3.05, 3.63) is 53.5 Å². The molecule has 1 aliphatic rings. The van der Waals surface area contributed by atoms with Crippen LogP contribution in [0, 0.1) is 0 Å². The quantitative estimate of drug-likeness (QED) is 0.567. The number of anilines is 1. The Morgan fingerprint density at radius 2 is 2.14 bits per heavy atom. The minimum atomic E-state index is -0.876. The number of rotatable bonds is 5. The molecule has 150 valence electrons. The molecule has 0 aliphatic carbocycles. The molecular formula is C20H21N5O4. The average molecular weight is 395 g/mol. The number of benzene rings is 1. The van der Waals surface area contributed by atoms with E-state index < -0.39 is 11.5 Å². The Balaban J connectivity index is 1.55. The second-order valence-corrected chi connectivity index (χ2v) is 7.72. The summed E-state index contributed by atoms with van der Waals surface area (Å²) in [6.45, 7) is 4.13. The number of aromatic nitrogens is 3. The van der Waals surface area contributed by atoms with Gasteiger partial charge in [0.1, 0.15) is 11.3 Å². The van der Waals surface area contributed by atoms with Gasteiger partial charge in [-0.15, -0.1) is 0 Å². The third-order valence-corrected chi connectivity index (χ3v) is 4.87. The van der Waals surface area contributed by atoms with Crippen molar-refractivity contribution in [3.8, 4) is 5.75 Å². The van der Waals surface area contributed by atoms with Crippen LogP contribution in [-0.2, 0) is 6.54 Å². The molecule has 3 aromatic rings. The van der Waals surface area contributed by atoms with Gasteiger partial charge in [-0.25, -0.2) is 9.50 Å². The third-order valence-electron chi connectivity index (χ3n) is 4.87. The Bertz CT molecular complexity index is 1120. The lowest BCUT2D eigenvalue weighted by atomic mass is 10.1. The van der Waals surface area contributed by atoms with Crippen LogP contribution in [0.2, 0.25) is 0 Å².